The van der Waals surface area contributed by atoms with E-state index >= 15 is 0 Å². The van der Waals surface area contributed by atoms with Gasteiger partial charge in [0.05, 0.1) is 12.6 Å². The molecule has 3 N–H and O–H groups in total. The maximum Gasteiger partial charge on any atom is 0.221 e. The molecule has 1 aromatic rings. The lowest BCUT2D eigenvalue weighted by atomic mass is 10.1. The number of carbonyl (C=O) groups excluding carboxylic acids is 1. The number of hydrogen-bond acceptors (Lipinski definition) is 3. The fourth-order valence-corrected chi connectivity index (χ4v) is 3.33. The van der Waals surface area contributed by atoms with Crippen LogP contribution in [0.1, 0.15) is 51.1 Å². The summed E-state index contributed by atoms with van der Waals surface area (Å²) in [5, 5.41) is 9.47. The normalized spacial score (nSPS) is 16.1. The second-order valence-electron chi connectivity index (χ2n) is 6.92. The van der Waals surface area contributed by atoms with Crippen LogP contribution in [0.4, 0.5) is 0 Å². The van der Waals surface area contributed by atoms with Crippen LogP contribution in [0.25, 0.3) is 0 Å². The zero-order valence-corrected chi connectivity index (χ0v) is 16.8. The van der Waals surface area contributed by atoms with Gasteiger partial charge in [0.1, 0.15) is 0 Å². The van der Waals surface area contributed by atoms with Crippen molar-refractivity contribution in [2.24, 2.45) is 4.99 Å². The molecule has 0 aliphatic carbocycles. The number of hydrogen-bond donors (Lipinski definition) is 3. The molecule has 0 saturated carbocycles. The highest BCUT2D eigenvalue weighted by Crippen LogP contribution is 2.25. The number of rotatable bonds is 10. The lowest BCUT2D eigenvalue weighted by molar-refractivity contribution is -0.120. The van der Waals surface area contributed by atoms with Gasteiger partial charge in [-0.3, -0.25) is 14.7 Å². The van der Waals surface area contributed by atoms with Crippen molar-refractivity contribution in [1.29, 1.82) is 0 Å². The van der Waals surface area contributed by atoms with Crippen molar-refractivity contribution in [3.63, 3.8) is 0 Å². The van der Waals surface area contributed by atoms with Crippen LogP contribution in [0.15, 0.2) is 35.3 Å². The lowest BCUT2D eigenvalue weighted by Crippen LogP contribution is -2.40. The van der Waals surface area contributed by atoms with Crippen LogP contribution in [0.5, 0.6) is 0 Å². The molecule has 0 radical (unpaired) electrons. The maximum absolute atomic E-state index is 11.7. The number of guanidine groups is 1. The summed E-state index contributed by atoms with van der Waals surface area (Å²) in [6.07, 6.45) is 3.94. The molecule has 1 saturated heterocycles. The van der Waals surface area contributed by atoms with Gasteiger partial charge in [-0.05, 0) is 44.8 Å². The van der Waals surface area contributed by atoms with Gasteiger partial charge in [-0.1, -0.05) is 37.3 Å². The van der Waals surface area contributed by atoms with E-state index in [9.17, 15) is 4.79 Å². The Hall–Kier alpha value is -2.08. The maximum atomic E-state index is 11.7. The van der Waals surface area contributed by atoms with Crippen LogP contribution in [0.3, 0.4) is 0 Å². The van der Waals surface area contributed by atoms with E-state index < -0.39 is 0 Å². The topological polar surface area (TPSA) is 68.8 Å². The monoisotopic (exact) mass is 373 g/mol. The van der Waals surface area contributed by atoms with E-state index in [-0.39, 0.29) is 5.91 Å². The van der Waals surface area contributed by atoms with Gasteiger partial charge in [0.2, 0.25) is 5.91 Å². The minimum Gasteiger partial charge on any atom is -0.357 e. The number of nitrogens with zero attached hydrogens (tertiary/aromatic N) is 2. The fraction of sp³-hybridized carbons (Fsp3) is 0.619. The van der Waals surface area contributed by atoms with Gasteiger partial charge in [0.25, 0.3) is 0 Å². The summed E-state index contributed by atoms with van der Waals surface area (Å²) in [7, 11) is 0. The molecule has 1 aromatic carbocycles. The van der Waals surface area contributed by atoms with Crippen molar-refractivity contribution < 1.29 is 4.79 Å². The first-order valence-electron chi connectivity index (χ1n) is 10.3. The predicted octanol–water partition coefficient (Wildman–Crippen LogP) is 2.29. The molecule has 0 spiro atoms. The Morgan fingerprint density at radius 2 is 1.81 bits per heavy atom. The molecular formula is C21H35N5O. The first-order chi connectivity index (χ1) is 13.2. The summed E-state index contributed by atoms with van der Waals surface area (Å²) in [5.74, 6) is 0.861. The van der Waals surface area contributed by atoms with Gasteiger partial charge in [-0.15, -0.1) is 0 Å². The first-order valence-corrected chi connectivity index (χ1v) is 10.3. The van der Waals surface area contributed by atoms with Crippen molar-refractivity contribution in [1.82, 2.24) is 20.9 Å². The number of carbonyl (C=O) groups is 1. The van der Waals surface area contributed by atoms with Crippen LogP contribution in [-0.4, -0.2) is 56.0 Å². The molecule has 150 valence electrons. The van der Waals surface area contributed by atoms with E-state index in [1.54, 1.807) is 0 Å². The Morgan fingerprint density at radius 3 is 2.48 bits per heavy atom. The standard InChI is InChI=1S/C21H35N5O/c1-3-13-23-20(27)12-14-24-21(22-4-2)25-17-19(26-15-8-9-16-26)18-10-6-5-7-11-18/h5-7,10-11,19H,3-4,8-9,12-17H2,1-2H3,(H,23,27)(H2,22,24,25). The third kappa shape index (κ3) is 7.59. The molecule has 1 aliphatic heterocycles. The molecule has 1 atom stereocenters. The summed E-state index contributed by atoms with van der Waals surface area (Å²) in [4.78, 5) is 19.1. The van der Waals surface area contributed by atoms with Gasteiger partial charge < -0.3 is 16.0 Å². The first kappa shape index (κ1) is 21.2. The second kappa shape index (κ2) is 12.3. The molecule has 0 bridgehead atoms. The lowest BCUT2D eigenvalue weighted by Gasteiger charge is -2.27. The largest absolute Gasteiger partial charge is 0.357 e. The van der Waals surface area contributed by atoms with Crippen molar-refractivity contribution in [3.05, 3.63) is 35.9 Å². The summed E-state index contributed by atoms with van der Waals surface area (Å²) in [5.41, 5.74) is 1.32. The van der Waals surface area contributed by atoms with Gasteiger partial charge >= 0.3 is 0 Å². The molecule has 1 amide bonds. The molecule has 0 aromatic heterocycles. The Morgan fingerprint density at radius 1 is 1.07 bits per heavy atom. The minimum atomic E-state index is 0.0828. The van der Waals surface area contributed by atoms with E-state index in [2.05, 4.69) is 65.0 Å². The number of aliphatic imine (C=N–C) groups is 1. The van der Waals surface area contributed by atoms with Gasteiger partial charge in [0, 0.05) is 26.1 Å². The smallest absolute Gasteiger partial charge is 0.221 e. The molecule has 1 heterocycles. The highest BCUT2D eigenvalue weighted by molar-refractivity contribution is 5.81. The average molecular weight is 374 g/mol. The highest BCUT2D eigenvalue weighted by atomic mass is 16.1. The molecule has 27 heavy (non-hydrogen) atoms. The van der Waals surface area contributed by atoms with Crippen molar-refractivity contribution in [3.8, 4) is 0 Å². The van der Waals surface area contributed by atoms with Crippen LogP contribution in [0.2, 0.25) is 0 Å². The molecule has 1 fully saturated rings. The Balaban J connectivity index is 1.94. The number of nitrogens with one attached hydrogen (secondary N) is 3. The minimum absolute atomic E-state index is 0.0828. The molecular weight excluding hydrogens is 338 g/mol. The van der Waals surface area contributed by atoms with E-state index in [0.29, 0.717) is 25.6 Å². The van der Waals surface area contributed by atoms with E-state index in [0.717, 1.165) is 38.6 Å². The summed E-state index contributed by atoms with van der Waals surface area (Å²) in [6, 6.07) is 10.9. The van der Waals surface area contributed by atoms with Crippen molar-refractivity contribution >= 4 is 11.9 Å². The Labute approximate surface area is 163 Å². The van der Waals surface area contributed by atoms with Crippen molar-refractivity contribution in [2.45, 2.75) is 45.6 Å². The number of benzene rings is 1. The second-order valence-corrected chi connectivity index (χ2v) is 6.92. The average Bonchev–Trinajstić information content (AvgIpc) is 3.22. The molecule has 1 unspecified atom stereocenters. The summed E-state index contributed by atoms with van der Waals surface area (Å²) >= 11 is 0. The predicted molar refractivity (Wildman–Crippen MR) is 112 cm³/mol. The van der Waals surface area contributed by atoms with Crippen LogP contribution < -0.4 is 16.0 Å². The fourth-order valence-electron chi connectivity index (χ4n) is 3.33. The van der Waals surface area contributed by atoms with E-state index in [1.165, 1.54) is 18.4 Å². The Bertz CT molecular complexity index is 569. The van der Waals surface area contributed by atoms with Gasteiger partial charge in [-0.2, -0.15) is 0 Å². The molecule has 6 heteroatoms. The molecule has 1 aliphatic rings. The van der Waals surface area contributed by atoms with E-state index in [1.807, 2.05) is 0 Å². The number of amides is 1. The van der Waals surface area contributed by atoms with Crippen LogP contribution in [0, 0.1) is 0 Å². The molecule has 6 nitrogen and oxygen atoms in total. The van der Waals surface area contributed by atoms with Crippen LogP contribution in [-0.2, 0) is 4.79 Å². The number of likely N-dealkylation sites (tertiary alicyclic amines) is 1. The quantitative estimate of drug-likeness (QED) is 0.435. The Kier molecular flexibility index (Phi) is 9.69. The zero-order valence-electron chi connectivity index (χ0n) is 16.8. The molecule has 2 rings (SSSR count). The summed E-state index contributed by atoms with van der Waals surface area (Å²) in [6.45, 7) is 9.21. The van der Waals surface area contributed by atoms with Gasteiger partial charge in [-0.25, -0.2) is 0 Å². The zero-order chi connectivity index (χ0) is 19.3. The van der Waals surface area contributed by atoms with Crippen LogP contribution >= 0.6 is 0 Å². The highest BCUT2D eigenvalue weighted by Gasteiger charge is 2.23. The van der Waals surface area contributed by atoms with Crippen molar-refractivity contribution in [2.75, 3.05) is 39.3 Å². The van der Waals surface area contributed by atoms with E-state index in [4.69, 9.17) is 4.99 Å². The third-order valence-corrected chi connectivity index (χ3v) is 4.75. The summed E-state index contributed by atoms with van der Waals surface area (Å²) < 4.78 is 0. The van der Waals surface area contributed by atoms with Gasteiger partial charge in [0.15, 0.2) is 5.96 Å². The third-order valence-electron chi connectivity index (χ3n) is 4.75. The SMILES string of the molecule is CCCNC(=O)CCNC(=NCC(c1ccccc1)N1CCCC1)NCC.